The van der Waals surface area contributed by atoms with Crippen molar-refractivity contribution in [2.45, 2.75) is 38.6 Å². The first-order valence-corrected chi connectivity index (χ1v) is 7.21. The Kier molecular flexibility index (Phi) is 5.20. The summed E-state index contributed by atoms with van der Waals surface area (Å²) in [5, 5.41) is 11.8. The number of carbonyl (C=O) groups is 1. The van der Waals surface area contributed by atoms with Crippen LogP contribution in [0.2, 0.25) is 0 Å². The summed E-state index contributed by atoms with van der Waals surface area (Å²) in [5.74, 6) is 5.88. The molecule has 1 aliphatic carbocycles. The van der Waals surface area contributed by atoms with Gasteiger partial charge in [-0.2, -0.15) is 0 Å². The third-order valence-corrected chi connectivity index (χ3v) is 3.78. The van der Waals surface area contributed by atoms with Crippen molar-refractivity contribution < 1.29 is 9.90 Å². The Hall–Kier alpha value is -1.79. The van der Waals surface area contributed by atoms with Crippen LogP contribution in [0.15, 0.2) is 24.3 Å². The predicted octanol–water partition coefficient (Wildman–Crippen LogP) is 2.40. The molecule has 2 rings (SSSR count). The maximum atomic E-state index is 12.1. The maximum absolute atomic E-state index is 12.1. The molecule has 0 saturated heterocycles. The number of carbonyl (C=O) groups excluding carboxylic acids is 1. The first-order valence-electron chi connectivity index (χ1n) is 7.21. The summed E-state index contributed by atoms with van der Waals surface area (Å²) in [5.41, 5.74) is 1.90. The van der Waals surface area contributed by atoms with Gasteiger partial charge >= 0.3 is 0 Å². The molecular weight excluding hydrogens is 250 g/mol. The molecule has 1 aromatic carbocycles. The summed E-state index contributed by atoms with van der Waals surface area (Å²) in [4.78, 5) is 12.1. The first kappa shape index (κ1) is 14.6. The summed E-state index contributed by atoms with van der Waals surface area (Å²) >= 11 is 0. The maximum Gasteiger partial charge on any atom is 0.223 e. The Labute approximate surface area is 120 Å². The van der Waals surface area contributed by atoms with E-state index in [0.29, 0.717) is 0 Å². The molecule has 1 fully saturated rings. The van der Waals surface area contributed by atoms with Gasteiger partial charge in [-0.05, 0) is 37.5 Å². The SMILES string of the molecule is CC(NC(=O)C1CCCC1)c1cccc(C#CCO)c1. The molecule has 0 aliphatic heterocycles. The van der Waals surface area contributed by atoms with Crippen LogP contribution in [0.5, 0.6) is 0 Å². The van der Waals surface area contributed by atoms with Crippen molar-refractivity contribution >= 4 is 5.91 Å². The fraction of sp³-hybridized carbons (Fsp3) is 0.471. The van der Waals surface area contributed by atoms with Crippen LogP contribution in [-0.4, -0.2) is 17.6 Å². The average Bonchev–Trinajstić information content (AvgIpc) is 2.99. The number of aliphatic hydroxyl groups excluding tert-OH is 1. The molecule has 0 heterocycles. The average molecular weight is 271 g/mol. The second-order valence-corrected chi connectivity index (χ2v) is 5.30. The van der Waals surface area contributed by atoms with Gasteiger partial charge in [0.25, 0.3) is 0 Å². The summed E-state index contributed by atoms with van der Waals surface area (Å²) in [7, 11) is 0. The zero-order chi connectivity index (χ0) is 14.4. The fourth-order valence-electron chi connectivity index (χ4n) is 2.63. The quantitative estimate of drug-likeness (QED) is 0.829. The van der Waals surface area contributed by atoms with E-state index in [-0.39, 0.29) is 24.5 Å². The third-order valence-electron chi connectivity index (χ3n) is 3.78. The van der Waals surface area contributed by atoms with Crippen LogP contribution in [0.1, 0.15) is 49.8 Å². The van der Waals surface area contributed by atoms with Gasteiger partial charge < -0.3 is 10.4 Å². The highest BCUT2D eigenvalue weighted by Gasteiger charge is 2.23. The van der Waals surface area contributed by atoms with Gasteiger partial charge in [-0.1, -0.05) is 36.8 Å². The molecule has 1 saturated carbocycles. The van der Waals surface area contributed by atoms with E-state index >= 15 is 0 Å². The van der Waals surface area contributed by atoms with Gasteiger partial charge in [0, 0.05) is 11.5 Å². The zero-order valence-corrected chi connectivity index (χ0v) is 11.9. The molecule has 20 heavy (non-hydrogen) atoms. The van der Waals surface area contributed by atoms with E-state index in [9.17, 15) is 4.79 Å². The standard InChI is InChI=1S/C17H21NO2/c1-13(18-17(20)15-8-2-3-9-15)16-10-4-6-14(12-16)7-5-11-19/h4,6,10,12-13,15,19H,2-3,8-9,11H2,1H3,(H,18,20). The van der Waals surface area contributed by atoms with E-state index in [4.69, 9.17) is 5.11 Å². The monoisotopic (exact) mass is 271 g/mol. The largest absolute Gasteiger partial charge is 0.384 e. The highest BCUT2D eigenvalue weighted by atomic mass is 16.2. The normalized spacial score (nSPS) is 16.3. The van der Waals surface area contributed by atoms with Gasteiger partial charge in [0.05, 0.1) is 6.04 Å². The minimum atomic E-state index is -0.141. The minimum absolute atomic E-state index is 0.0148. The lowest BCUT2D eigenvalue weighted by atomic mass is 10.0. The summed E-state index contributed by atoms with van der Waals surface area (Å²) in [6.45, 7) is 1.85. The molecule has 1 aromatic rings. The molecule has 2 N–H and O–H groups in total. The van der Waals surface area contributed by atoms with Crippen LogP contribution in [0.3, 0.4) is 0 Å². The van der Waals surface area contributed by atoms with Gasteiger partial charge in [-0.15, -0.1) is 0 Å². The van der Waals surface area contributed by atoms with Crippen molar-refractivity contribution in [2.24, 2.45) is 5.92 Å². The van der Waals surface area contributed by atoms with Gasteiger partial charge in [-0.3, -0.25) is 4.79 Å². The minimum Gasteiger partial charge on any atom is -0.384 e. The number of hydrogen-bond acceptors (Lipinski definition) is 2. The fourth-order valence-corrected chi connectivity index (χ4v) is 2.63. The molecule has 1 amide bonds. The van der Waals surface area contributed by atoms with Gasteiger partial charge in [0.15, 0.2) is 0 Å². The molecule has 0 radical (unpaired) electrons. The van der Waals surface area contributed by atoms with E-state index in [1.807, 2.05) is 31.2 Å². The van der Waals surface area contributed by atoms with E-state index in [1.165, 1.54) is 12.8 Å². The van der Waals surface area contributed by atoms with Gasteiger partial charge in [0.2, 0.25) is 5.91 Å². The van der Waals surface area contributed by atoms with Crippen molar-refractivity contribution in [3.05, 3.63) is 35.4 Å². The lowest BCUT2D eigenvalue weighted by Crippen LogP contribution is -2.31. The van der Waals surface area contributed by atoms with E-state index < -0.39 is 0 Å². The Morgan fingerprint density at radius 1 is 1.45 bits per heavy atom. The number of nitrogens with one attached hydrogen (secondary N) is 1. The molecule has 1 atom stereocenters. The Bertz CT molecular complexity index is 521. The number of rotatable bonds is 3. The molecule has 3 heteroatoms. The molecule has 0 aromatic heterocycles. The number of aliphatic hydroxyl groups is 1. The summed E-state index contributed by atoms with van der Waals surface area (Å²) in [6.07, 6.45) is 4.36. The molecule has 1 aliphatic rings. The Balaban J connectivity index is 2.01. The van der Waals surface area contributed by atoms with Crippen LogP contribution in [0.4, 0.5) is 0 Å². The molecular formula is C17H21NO2. The third kappa shape index (κ3) is 3.85. The highest BCUT2D eigenvalue weighted by Crippen LogP contribution is 2.25. The smallest absolute Gasteiger partial charge is 0.223 e. The molecule has 1 unspecified atom stereocenters. The Morgan fingerprint density at radius 3 is 2.90 bits per heavy atom. The van der Waals surface area contributed by atoms with Crippen molar-refractivity contribution in [3.63, 3.8) is 0 Å². The number of hydrogen-bond donors (Lipinski definition) is 2. The second kappa shape index (κ2) is 7.12. The highest BCUT2D eigenvalue weighted by molar-refractivity contribution is 5.79. The second-order valence-electron chi connectivity index (χ2n) is 5.30. The van der Waals surface area contributed by atoms with Gasteiger partial charge in [0.1, 0.15) is 6.61 Å². The number of amides is 1. The summed E-state index contributed by atoms with van der Waals surface area (Å²) < 4.78 is 0. The topological polar surface area (TPSA) is 49.3 Å². The van der Waals surface area contributed by atoms with Crippen LogP contribution in [0, 0.1) is 17.8 Å². The number of benzene rings is 1. The van der Waals surface area contributed by atoms with Crippen molar-refractivity contribution in [1.82, 2.24) is 5.32 Å². The van der Waals surface area contributed by atoms with Crippen LogP contribution >= 0.6 is 0 Å². The van der Waals surface area contributed by atoms with Crippen LogP contribution < -0.4 is 5.32 Å². The van der Waals surface area contributed by atoms with Crippen molar-refractivity contribution in [3.8, 4) is 11.8 Å². The molecule has 3 nitrogen and oxygen atoms in total. The van der Waals surface area contributed by atoms with E-state index in [1.54, 1.807) is 0 Å². The predicted molar refractivity (Wildman–Crippen MR) is 78.9 cm³/mol. The lowest BCUT2D eigenvalue weighted by molar-refractivity contribution is -0.125. The van der Waals surface area contributed by atoms with E-state index in [2.05, 4.69) is 17.2 Å². The summed E-state index contributed by atoms with van der Waals surface area (Å²) in [6, 6.07) is 7.76. The van der Waals surface area contributed by atoms with Crippen molar-refractivity contribution in [2.75, 3.05) is 6.61 Å². The van der Waals surface area contributed by atoms with Crippen molar-refractivity contribution in [1.29, 1.82) is 0 Å². The molecule has 0 spiro atoms. The Morgan fingerprint density at radius 2 is 2.20 bits per heavy atom. The molecule has 106 valence electrons. The molecule has 0 bridgehead atoms. The van der Waals surface area contributed by atoms with Crippen LogP contribution in [0.25, 0.3) is 0 Å². The van der Waals surface area contributed by atoms with Gasteiger partial charge in [-0.25, -0.2) is 0 Å². The zero-order valence-electron chi connectivity index (χ0n) is 11.9. The van der Waals surface area contributed by atoms with E-state index in [0.717, 1.165) is 24.0 Å². The van der Waals surface area contributed by atoms with Crippen LogP contribution in [-0.2, 0) is 4.79 Å². The lowest BCUT2D eigenvalue weighted by Gasteiger charge is -2.17. The first-order chi connectivity index (χ1) is 9.70.